The highest BCUT2D eigenvalue weighted by atomic mass is 32.1. The number of hydrogen-bond acceptors (Lipinski definition) is 4. The molecular formula is C20H25NO3S. The zero-order chi connectivity index (χ0) is 17.6. The molecule has 1 aromatic heterocycles. The van der Waals surface area contributed by atoms with E-state index in [4.69, 9.17) is 9.47 Å². The van der Waals surface area contributed by atoms with E-state index in [1.807, 2.05) is 19.1 Å². The molecule has 1 aliphatic rings. The van der Waals surface area contributed by atoms with E-state index in [1.165, 1.54) is 10.4 Å². The number of ether oxygens (including phenoxy) is 2. The number of carbonyl (C=O) groups excluding carboxylic acids is 1. The molecule has 0 saturated carbocycles. The maximum Gasteiger partial charge on any atom is 0.220 e. The molecule has 0 saturated heterocycles. The van der Waals surface area contributed by atoms with Gasteiger partial charge in [0, 0.05) is 35.4 Å². The van der Waals surface area contributed by atoms with Crippen LogP contribution in [0.5, 0.6) is 11.5 Å². The fourth-order valence-electron chi connectivity index (χ4n) is 3.07. The van der Waals surface area contributed by atoms with Crippen LogP contribution in [0.1, 0.15) is 42.7 Å². The molecule has 1 aliphatic heterocycles. The van der Waals surface area contributed by atoms with Crippen molar-refractivity contribution in [2.24, 2.45) is 0 Å². The Bertz CT molecular complexity index is 712. The van der Waals surface area contributed by atoms with Gasteiger partial charge in [-0.2, -0.15) is 0 Å². The third-order valence-electron chi connectivity index (χ3n) is 4.26. The molecule has 0 aliphatic carbocycles. The third kappa shape index (κ3) is 4.75. The van der Waals surface area contributed by atoms with Crippen molar-refractivity contribution >= 4 is 17.2 Å². The highest BCUT2D eigenvalue weighted by Gasteiger charge is 2.22. The van der Waals surface area contributed by atoms with Crippen molar-refractivity contribution < 1.29 is 14.3 Å². The summed E-state index contributed by atoms with van der Waals surface area (Å²) >= 11 is 1.74. The molecule has 1 amide bonds. The average Bonchev–Trinajstić information content (AvgIpc) is 3.21. The normalized spacial score (nSPS) is 15.5. The lowest BCUT2D eigenvalue weighted by Gasteiger charge is -2.13. The highest BCUT2D eigenvalue weighted by molar-refractivity contribution is 7.09. The van der Waals surface area contributed by atoms with Crippen molar-refractivity contribution in [2.45, 2.75) is 52.2 Å². The number of carbonyl (C=O) groups is 1. The second-order valence-electron chi connectivity index (χ2n) is 6.34. The Kier molecular flexibility index (Phi) is 5.97. The van der Waals surface area contributed by atoms with Crippen LogP contribution in [0.4, 0.5) is 0 Å². The Morgan fingerprint density at radius 1 is 1.44 bits per heavy atom. The summed E-state index contributed by atoms with van der Waals surface area (Å²) in [7, 11) is 0. The van der Waals surface area contributed by atoms with Gasteiger partial charge in [-0.05, 0) is 50.3 Å². The summed E-state index contributed by atoms with van der Waals surface area (Å²) in [6.07, 6.45) is 3.48. The van der Waals surface area contributed by atoms with E-state index < -0.39 is 0 Å². The van der Waals surface area contributed by atoms with Gasteiger partial charge in [0.25, 0.3) is 0 Å². The summed E-state index contributed by atoms with van der Waals surface area (Å²) in [6, 6.07) is 8.23. The molecule has 1 atom stereocenters. The Labute approximate surface area is 153 Å². The van der Waals surface area contributed by atoms with Crippen molar-refractivity contribution in [3.8, 4) is 11.5 Å². The molecule has 2 heterocycles. The van der Waals surface area contributed by atoms with E-state index >= 15 is 0 Å². The smallest absolute Gasteiger partial charge is 0.220 e. The van der Waals surface area contributed by atoms with Crippen LogP contribution in [0, 0.1) is 0 Å². The second-order valence-corrected chi connectivity index (χ2v) is 7.38. The summed E-state index contributed by atoms with van der Waals surface area (Å²) in [6.45, 7) is 5.11. The lowest BCUT2D eigenvalue weighted by molar-refractivity contribution is -0.121. The van der Waals surface area contributed by atoms with E-state index in [0.29, 0.717) is 19.6 Å². The van der Waals surface area contributed by atoms with Gasteiger partial charge in [0.1, 0.15) is 17.6 Å². The summed E-state index contributed by atoms with van der Waals surface area (Å²) in [5.74, 6) is 1.84. The predicted octanol–water partition coefficient (Wildman–Crippen LogP) is 4.11. The van der Waals surface area contributed by atoms with E-state index in [9.17, 15) is 4.79 Å². The van der Waals surface area contributed by atoms with Crippen molar-refractivity contribution in [2.75, 3.05) is 6.61 Å². The first-order chi connectivity index (χ1) is 12.2. The predicted molar refractivity (Wildman–Crippen MR) is 101 cm³/mol. The van der Waals surface area contributed by atoms with Gasteiger partial charge < -0.3 is 14.8 Å². The molecule has 5 heteroatoms. The maximum absolute atomic E-state index is 12.1. The van der Waals surface area contributed by atoms with Crippen LogP contribution >= 0.6 is 11.3 Å². The number of aryl methyl sites for hydroxylation is 1. The molecule has 4 nitrogen and oxygen atoms in total. The zero-order valence-corrected chi connectivity index (χ0v) is 15.7. The standard InChI is InChI=1S/C20H25NO3S/c1-3-23-18-11-15-10-14(2)24-19(15)12-16(18)13-21-20(22)8-4-6-17-7-5-9-25-17/h5,7,9,11-12,14H,3-4,6,8,10,13H2,1-2H3,(H,21,22). The first kappa shape index (κ1) is 17.8. The fourth-order valence-corrected chi connectivity index (χ4v) is 3.82. The van der Waals surface area contributed by atoms with Gasteiger partial charge >= 0.3 is 0 Å². The monoisotopic (exact) mass is 359 g/mol. The van der Waals surface area contributed by atoms with Gasteiger partial charge in [0.2, 0.25) is 5.91 Å². The van der Waals surface area contributed by atoms with E-state index in [2.05, 4.69) is 29.8 Å². The number of thiophene rings is 1. The van der Waals surface area contributed by atoms with Crippen LogP contribution in [0.3, 0.4) is 0 Å². The SMILES string of the molecule is CCOc1cc2c(cc1CNC(=O)CCCc1cccs1)OC(C)C2. The van der Waals surface area contributed by atoms with Gasteiger partial charge in [-0.25, -0.2) is 0 Å². The van der Waals surface area contributed by atoms with Crippen LogP contribution in [0.2, 0.25) is 0 Å². The molecule has 0 bridgehead atoms. The Morgan fingerprint density at radius 3 is 3.08 bits per heavy atom. The molecule has 3 rings (SSSR count). The molecule has 2 aromatic rings. The Hall–Kier alpha value is -2.01. The second kappa shape index (κ2) is 8.39. The molecule has 0 fully saturated rings. The molecule has 1 N–H and O–H groups in total. The average molecular weight is 359 g/mol. The molecule has 0 spiro atoms. The van der Waals surface area contributed by atoms with E-state index in [1.54, 1.807) is 11.3 Å². The molecule has 25 heavy (non-hydrogen) atoms. The van der Waals surface area contributed by atoms with Gasteiger partial charge in [0.15, 0.2) is 0 Å². The Balaban J connectivity index is 1.54. The summed E-state index contributed by atoms with van der Waals surface area (Å²) < 4.78 is 11.6. The van der Waals surface area contributed by atoms with Crippen molar-refractivity contribution in [3.05, 3.63) is 45.6 Å². The van der Waals surface area contributed by atoms with Crippen LogP contribution in [0.15, 0.2) is 29.6 Å². The van der Waals surface area contributed by atoms with Gasteiger partial charge in [-0.1, -0.05) is 6.07 Å². The maximum atomic E-state index is 12.1. The molecule has 134 valence electrons. The number of benzene rings is 1. The summed E-state index contributed by atoms with van der Waals surface area (Å²) in [5, 5.41) is 5.08. The molecule has 1 aromatic carbocycles. The Morgan fingerprint density at radius 2 is 2.32 bits per heavy atom. The number of amides is 1. The molecule has 0 radical (unpaired) electrons. The highest BCUT2D eigenvalue weighted by Crippen LogP contribution is 2.35. The van der Waals surface area contributed by atoms with Crippen molar-refractivity contribution in [3.63, 3.8) is 0 Å². The minimum atomic E-state index is 0.0776. The topological polar surface area (TPSA) is 47.6 Å². The first-order valence-corrected chi connectivity index (χ1v) is 9.78. The van der Waals surface area contributed by atoms with Crippen molar-refractivity contribution in [1.29, 1.82) is 0 Å². The first-order valence-electron chi connectivity index (χ1n) is 8.90. The van der Waals surface area contributed by atoms with Crippen molar-refractivity contribution in [1.82, 2.24) is 5.32 Å². The van der Waals surface area contributed by atoms with Crippen LogP contribution < -0.4 is 14.8 Å². The van der Waals surface area contributed by atoms with Gasteiger partial charge in [0.05, 0.1) is 6.61 Å². The van der Waals surface area contributed by atoms with E-state index in [-0.39, 0.29) is 12.0 Å². The number of hydrogen-bond donors (Lipinski definition) is 1. The van der Waals surface area contributed by atoms with E-state index in [0.717, 1.165) is 36.3 Å². The quantitative estimate of drug-likeness (QED) is 0.772. The lowest BCUT2D eigenvalue weighted by Crippen LogP contribution is -2.23. The zero-order valence-electron chi connectivity index (χ0n) is 14.8. The van der Waals surface area contributed by atoms with Crippen LogP contribution in [-0.4, -0.2) is 18.6 Å². The van der Waals surface area contributed by atoms with Crippen LogP contribution in [-0.2, 0) is 24.2 Å². The number of rotatable bonds is 8. The minimum absolute atomic E-state index is 0.0776. The fraction of sp³-hybridized carbons (Fsp3) is 0.450. The van der Waals surface area contributed by atoms with Gasteiger partial charge in [-0.15, -0.1) is 11.3 Å². The van der Waals surface area contributed by atoms with Crippen LogP contribution in [0.25, 0.3) is 0 Å². The lowest BCUT2D eigenvalue weighted by atomic mass is 10.1. The molecule has 1 unspecified atom stereocenters. The number of nitrogens with one attached hydrogen (secondary N) is 1. The minimum Gasteiger partial charge on any atom is -0.494 e. The largest absolute Gasteiger partial charge is 0.494 e. The summed E-state index contributed by atoms with van der Waals surface area (Å²) in [4.78, 5) is 13.4. The van der Waals surface area contributed by atoms with Gasteiger partial charge in [-0.3, -0.25) is 4.79 Å². The third-order valence-corrected chi connectivity index (χ3v) is 5.20. The summed E-state index contributed by atoms with van der Waals surface area (Å²) in [5.41, 5.74) is 2.16. The molecular weight excluding hydrogens is 334 g/mol. The number of fused-ring (bicyclic) bond motifs is 1.